The van der Waals surface area contributed by atoms with Crippen molar-refractivity contribution in [1.29, 1.82) is 0 Å². The highest BCUT2D eigenvalue weighted by Crippen LogP contribution is 2.22. The van der Waals surface area contributed by atoms with Gasteiger partial charge in [0.15, 0.2) is 0 Å². The molecule has 1 aromatic rings. The molecule has 3 nitrogen and oxygen atoms in total. The molecule has 0 N–H and O–H groups in total. The van der Waals surface area contributed by atoms with Gasteiger partial charge in [-0.05, 0) is 44.2 Å². The van der Waals surface area contributed by atoms with Gasteiger partial charge in [0.05, 0.1) is 6.61 Å². The zero-order valence-electron chi connectivity index (χ0n) is 14.8. The summed E-state index contributed by atoms with van der Waals surface area (Å²) >= 11 is 0. The number of carbonyl (C=O) groups is 1. The third-order valence-corrected chi connectivity index (χ3v) is 4.41. The Bertz CT molecular complexity index is 516. The first-order valence-electron chi connectivity index (χ1n) is 9.40. The minimum Gasteiger partial charge on any atom is -0.493 e. The summed E-state index contributed by atoms with van der Waals surface area (Å²) < 4.78 is 11.4. The quantitative estimate of drug-likeness (QED) is 0.339. The van der Waals surface area contributed by atoms with Crippen molar-refractivity contribution < 1.29 is 14.3 Å². The minimum atomic E-state index is -0.250. The Kier molecular flexibility index (Phi) is 8.43. The van der Waals surface area contributed by atoms with Crippen LogP contribution in [0.3, 0.4) is 0 Å². The monoisotopic (exact) mass is 330 g/mol. The fraction of sp³-hybridized carbons (Fsp3) is 0.571. The van der Waals surface area contributed by atoms with Gasteiger partial charge in [-0.15, -0.1) is 0 Å². The average molecular weight is 330 g/mol. The summed E-state index contributed by atoms with van der Waals surface area (Å²) in [6.45, 7) is 2.92. The van der Waals surface area contributed by atoms with Gasteiger partial charge in [0.25, 0.3) is 0 Å². The zero-order chi connectivity index (χ0) is 17.0. The molecule has 0 atom stereocenters. The maximum Gasteiger partial charge on any atom is 0.331 e. The van der Waals surface area contributed by atoms with E-state index >= 15 is 0 Å². The Morgan fingerprint density at radius 3 is 2.71 bits per heavy atom. The van der Waals surface area contributed by atoms with Gasteiger partial charge in [-0.25, -0.2) is 4.79 Å². The maximum atomic E-state index is 12.0. The van der Waals surface area contributed by atoms with Crippen LogP contribution in [0.2, 0.25) is 0 Å². The average Bonchev–Trinajstić information content (AvgIpc) is 2.61. The molecular weight excluding hydrogens is 300 g/mol. The number of rotatable bonds is 9. The molecule has 0 spiro atoms. The third kappa shape index (κ3) is 6.77. The second-order valence-electron chi connectivity index (χ2n) is 6.48. The van der Waals surface area contributed by atoms with Crippen LogP contribution < -0.4 is 4.74 Å². The second-order valence-corrected chi connectivity index (χ2v) is 6.48. The van der Waals surface area contributed by atoms with Gasteiger partial charge in [-0.2, -0.15) is 0 Å². The van der Waals surface area contributed by atoms with Crippen LogP contribution in [0.15, 0.2) is 30.3 Å². The predicted molar refractivity (Wildman–Crippen MR) is 98.1 cm³/mol. The van der Waals surface area contributed by atoms with Gasteiger partial charge >= 0.3 is 5.97 Å². The lowest BCUT2D eigenvalue weighted by atomic mass is 9.98. The van der Waals surface area contributed by atoms with Crippen molar-refractivity contribution in [2.75, 3.05) is 6.61 Å². The first kappa shape index (κ1) is 18.6. The number of para-hydroxylation sites is 1. The van der Waals surface area contributed by atoms with E-state index in [4.69, 9.17) is 9.47 Å². The van der Waals surface area contributed by atoms with Crippen LogP contribution >= 0.6 is 0 Å². The smallest absolute Gasteiger partial charge is 0.331 e. The fourth-order valence-electron chi connectivity index (χ4n) is 3.00. The van der Waals surface area contributed by atoms with E-state index in [0.717, 1.165) is 50.0 Å². The van der Waals surface area contributed by atoms with Crippen molar-refractivity contribution >= 4 is 12.0 Å². The molecule has 0 radical (unpaired) electrons. The number of ether oxygens (including phenoxy) is 2. The molecule has 2 rings (SSSR count). The highest BCUT2D eigenvalue weighted by molar-refractivity contribution is 5.87. The van der Waals surface area contributed by atoms with Gasteiger partial charge in [0.1, 0.15) is 11.9 Å². The van der Waals surface area contributed by atoms with Crippen molar-refractivity contribution in [1.82, 2.24) is 0 Å². The summed E-state index contributed by atoms with van der Waals surface area (Å²) in [6, 6.07) is 7.83. The lowest BCUT2D eigenvalue weighted by molar-refractivity contribution is -0.144. The van der Waals surface area contributed by atoms with Crippen LogP contribution in [-0.2, 0) is 9.53 Å². The van der Waals surface area contributed by atoms with E-state index in [9.17, 15) is 4.79 Å². The van der Waals surface area contributed by atoms with E-state index < -0.39 is 0 Å². The number of unbranched alkanes of at least 4 members (excludes halogenated alkanes) is 3. The Hall–Kier alpha value is -1.77. The molecule has 0 aromatic heterocycles. The first-order chi connectivity index (χ1) is 11.8. The largest absolute Gasteiger partial charge is 0.493 e. The molecule has 1 aliphatic carbocycles. The summed E-state index contributed by atoms with van der Waals surface area (Å²) in [4.78, 5) is 12.0. The summed E-state index contributed by atoms with van der Waals surface area (Å²) in [5.41, 5.74) is 0.925. The molecular formula is C21H30O3. The van der Waals surface area contributed by atoms with Crippen molar-refractivity contribution in [3.8, 4) is 5.75 Å². The van der Waals surface area contributed by atoms with Crippen LogP contribution in [0.25, 0.3) is 6.08 Å². The Labute approximate surface area is 146 Å². The van der Waals surface area contributed by atoms with Crippen molar-refractivity contribution in [3.05, 3.63) is 35.9 Å². The number of esters is 1. The third-order valence-electron chi connectivity index (χ3n) is 4.41. The zero-order valence-corrected chi connectivity index (χ0v) is 14.8. The van der Waals surface area contributed by atoms with Crippen LogP contribution in [0.4, 0.5) is 0 Å². The summed E-state index contributed by atoms with van der Waals surface area (Å²) in [6.07, 6.45) is 13.7. The van der Waals surface area contributed by atoms with Crippen LogP contribution in [0, 0.1) is 0 Å². The minimum absolute atomic E-state index is 0.0981. The molecule has 132 valence electrons. The topological polar surface area (TPSA) is 35.5 Å². The highest BCUT2D eigenvalue weighted by Gasteiger charge is 2.16. The van der Waals surface area contributed by atoms with E-state index in [1.54, 1.807) is 6.08 Å². The van der Waals surface area contributed by atoms with Gasteiger partial charge in [0.2, 0.25) is 0 Å². The maximum absolute atomic E-state index is 12.0. The molecule has 1 aromatic carbocycles. The van der Waals surface area contributed by atoms with E-state index in [0.29, 0.717) is 0 Å². The Balaban J connectivity index is 1.82. The summed E-state index contributed by atoms with van der Waals surface area (Å²) in [5, 5.41) is 0. The van der Waals surface area contributed by atoms with Gasteiger partial charge < -0.3 is 9.47 Å². The molecule has 1 saturated carbocycles. The first-order valence-corrected chi connectivity index (χ1v) is 9.40. The standard InChI is InChI=1S/C21H30O3/c1-2-3-4-10-17-23-20-14-9-8-11-18(20)15-16-21(22)24-19-12-6-5-7-13-19/h8-9,11,14-16,19H,2-7,10,12-13,17H2,1H3. The van der Waals surface area contributed by atoms with Crippen LogP contribution in [0.5, 0.6) is 5.75 Å². The second kappa shape index (κ2) is 10.9. The van der Waals surface area contributed by atoms with Gasteiger partial charge in [0, 0.05) is 11.6 Å². The summed E-state index contributed by atoms with van der Waals surface area (Å²) in [5.74, 6) is 0.579. The fourth-order valence-corrected chi connectivity index (χ4v) is 3.00. The molecule has 0 amide bonds. The lowest BCUT2D eigenvalue weighted by Crippen LogP contribution is -2.19. The van der Waals surface area contributed by atoms with Gasteiger partial charge in [-0.1, -0.05) is 50.8 Å². The van der Waals surface area contributed by atoms with E-state index in [-0.39, 0.29) is 12.1 Å². The molecule has 1 aliphatic rings. The van der Waals surface area contributed by atoms with E-state index in [1.165, 1.54) is 31.8 Å². The molecule has 1 fully saturated rings. The number of benzene rings is 1. The van der Waals surface area contributed by atoms with Crippen LogP contribution in [0.1, 0.15) is 70.3 Å². The normalized spacial score (nSPS) is 15.5. The van der Waals surface area contributed by atoms with E-state index in [2.05, 4.69) is 6.92 Å². The summed E-state index contributed by atoms with van der Waals surface area (Å²) in [7, 11) is 0. The number of hydrogen-bond acceptors (Lipinski definition) is 3. The Morgan fingerprint density at radius 2 is 1.92 bits per heavy atom. The molecule has 3 heteroatoms. The molecule has 0 bridgehead atoms. The lowest BCUT2D eigenvalue weighted by Gasteiger charge is -2.20. The SMILES string of the molecule is CCCCCCOc1ccccc1C=CC(=O)OC1CCCCC1. The number of hydrogen-bond donors (Lipinski definition) is 0. The highest BCUT2D eigenvalue weighted by atomic mass is 16.5. The molecule has 0 aliphatic heterocycles. The molecule has 24 heavy (non-hydrogen) atoms. The van der Waals surface area contributed by atoms with Crippen LogP contribution in [-0.4, -0.2) is 18.7 Å². The predicted octanol–water partition coefficient (Wildman–Crippen LogP) is 5.53. The molecule has 0 heterocycles. The van der Waals surface area contributed by atoms with Crippen molar-refractivity contribution in [2.24, 2.45) is 0 Å². The van der Waals surface area contributed by atoms with Crippen molar-refractivity contribution in [2.45, 2.75) is 70.8 Å². The molecule has 0 unspecified atom stereocenters. The van der Waals surface area contributed by atoms with Crippen molar-refractivity contribution in [3.63, 3.8) is 0 Å². The van der Waals surface area contributed by atoms with E-state index in [1.807, 2.05) is 24.3 Å². The van der Waals surface area contributed by atoms with Gasteiger partial charge in [-0.3, -0.25) is 0 Å². The number of carbonyl (C=O) groups excluding carboxylic acids is 1. The molecule has 0 saturated heterocycles. The Morgan fingerprint density at radius 1 is 1.12 bits per heavy atom.